The van der Waals surface area contributed by atoms with E-state index in [4.69, 9.17) is 9.90 Å². The van der Waals surface area contributed by atoms with E-state index >= 15 is 0 Å². The van der Waals surface area contributed by atoms with E-state index in [9.17, 15) is 27.2 Å². The summed E-state index contributed by atoms with van der Waals surface area (Å²) in [4.78, 5) is 38.4. The Morgan fingerprint density at radius 2 is 1.81 bits per heavy atom. The summed E-state index contributed by atoms with van der Waals surface area (Å²) in [5, 5.41) is 14.4. The number of rotatable bonds is 5. The van der Waals surface area contributed by atoms with E-state index < -0.39 is 12.1 Å². The summed E-state index contributed by atoms with van der Waals surface area (Å²) in [6.45, 7) is 5.73. The first-order valence-corrected chi connectivity index (χ1v) is 13.4. The van der Waals surface area contributed by atoms with Crippen LogP contribution in [0, 0.1) is 11.2 Å². The number of aliphatic carboxylic acids is 1. The number of fused-ring (bicyclic) bond motifs is 1. The van der Waals surface area contributed by atoms with Gasteiger partial charge in [0.15, 0.2) is 6.29 Å². The zero-order chi connectivity index (χ0) is 30.9. The second-order valence-electron chi connectivity index (χ2n) is 10.3. The number of amides is 1. The van der Waals surface area contributed by atoms with Crippen molar-refractivity contribution in [2.75, 3.05) is 33.2 Å². The van der Waals surface area contributed by atoms with Gasteiger partial charge in [-0.25, -0.2) is 9.18 Å². The molecule has 3 aromatic rings. The smallest absolute Gasteiger partial charge is 0.475 e. The first kappa shape index (κ1) is 32.6. The van der Waals surface area contributed by atoms with Gasteiger partial charge in [0.25, 0.3) is 0 Å². The zero-order valence-corrected chi connectivity index (χ0v) is 23.3. The van der Waals surface area contributed by atoms with Crippen molar-refractivity contribution in [2.24, 2.45) is 5.41 Å². The largest absolute Gasteiger partial charge is 0.490 e. The van der Waals surface area contributed by atoms with Crippen LogP contribution in [0.3, 0.4) is 0 Å². The predicted octanol–water partition coefficient (Wildman–Crippen LogP) is 4.41. The highest BCUT2D eigenvalue weighted by Gasteiger charge is 2.51. The number of carboxylic acids is 1. The van der Waals surface area contributed by atoms with E-state index in [-0.39, 0.29) is 23.1 Å². The third-order valence-corrected chi connectivity index (χ3v) is 7.62. The predicted molar refractivity (Wildman–Crippen MR) is 150 cm³/mol. The average molecular weight is 591 g/mol. The molecule has 1 aromatic heterocycles. The van der Waals surface area contributed by atoms with E-state index in [1.54, 1.807) is 6.20 Å². The van der Waals surface area contributed by atoms with Crippen molar-refractivity contribution in [2.45, 2.75) is 37.9 Å². The Bertz CT molecular complexity index is 1360. The minimum atomic E-state index is -5.08. The van der Waals surface area contributed by atoms with E-state index in [2.05, 4.69) is 27.4 Å². The van der Waals surface area contributed by atoms with Crippen LogP contribution in [0.25, 0.3) is 10.9 Å². The van der Waals surface area contributed by atoms with E-state index in [1.165, 1.54) is 12.1 Å². The number of pyridine rings is 1. The fourth-order valence-corrected chi connectivity index (χ4v) is 5.20. The summed E-state index contributed by atoms with van der Waals surface area (Å²) in [7, 11) is 1.98. The van der Waals surface area contributed by atoms with Crippen LogP contribution < -0.4 is 10.6 Å². The Morgan fingerprint density at radius 1 is 1.19 bits per heavy atom. The molecule has 2 saturated heterocycles. The lowest BCUT2D eigenvalue weighted by atomic mass is 9.68. The quantitative estimate of drug-likeness (QED) is 0.298. The normalized spacial score (nSPS) is 18.7. The third kappa shape index (κ3) is 8.32. The maximum atomic E-state index is 13.2. The maximum Gasteiger partial charge on any atom is 0.490 e. The number of benzene rings is 2. The first-order chi connectivity index (χ1) is 19.9. The van der Waals surface area contributed by atoms with Gasteiger partial charge in [0.2, 0.25) is 5.91 Å². The molecule has 2 aromatic carbocycles. The lowest BCUT2D eigenvalue weighted by Crippen LogP contribution is -2.48. The molecule has 1 amide bonds. The van der Waals surface area contributed by atoms with Crippen LogP contribution in [-0.2, 0) is 9.59 Å². The molecule has 2 aliphatic heterocycles. The standard InChI is InChI=1S/C18H26FN3O.C10H7NO.C2HF3O2/c1-13(20-2)12-22-9-7-18(8-10-22)16(11-21-17(18)23)14-3-5-15(19)6-4-14;12-7-8-5-9-3-1-2-4-10(9)11-6-8;3-2(4,5)1(6)7/h3-6,13,16,20H,7-12H2,1-2H3,(H,21,23);1-7H;(H,6,7). The average Bonchev–Trinajstić information content (AvgIpc) is 3.29. The summed E-state index contributed by atoms with van der Waals surface area (Å²) in [5.41, 5.74) is 2.29. The molecule has 3 N–H and O–H groups in total. The van der Waals surface area contributed by atoms with Crippen molar-refractivity contribution in [1.82, 2.24) is 20.5 Å². The Morgan fingerprint density at radius 3 is 2.38 bits per heavy atom. The lowest BCUT2D eigenvalue weighted by molar-refractivity contribution is -0.192. The summed E-state index contributed by atoms with van der Waals surface area (Å²) in [6, 6.07) is 16.7. The van der Waals surface area contributed by atoms with Crippen molar-refractivity contribution in [1.29, 1.82) is 0 Å². The van der Waals surface area contributed by atoms with Gasteiger partial charge in [0, 0.05) is 42.2 Å². The number of nitrogens with one attached hydrogen (secondary N) is 2. The van der Waals surface area contributed by atoms with Gasteiger partial charge in [-0.3, -0.25) is 14.6 Å². The second-order valence-corrected chi connectivity index (χ2v) is 10.3. The van der Waals surface area contributed by atoms with Gasteiger partial charge in [0.05, 0.1) is 10.9 Å². The van der Waals surface area contributed by atoms with Crippen LogP contribution in [0.4, 0.5) is 17.6 Å². The minimum absolute atomic E-state index is 0.152. The fraction of sp³-hybridized carbons (Fsp3) is 0.400. The number of aromatic nitrogens is 1. The van der Waals surface area contributed by atoms with Crippen molar-refractivity contribution >= 4 is 29.1 Å². The number of para-hydroxylation sites is 1. The molecule has 2 unspecified atom stereocenters. The van der Waals surface area contributed by atoms with Crippen LogP contribution in [0.2, 0.25) is 0 Å². The van der Waals surface area contributed by atoms with Gasteiger partial charge in [0.1, 0.15) is 5.82 Å². The molecule has 0 saturated carbocycles. The Balaban J connectivity index is 0.000000211. The fourth-order valence-electron chi connectivity index (χ4n) is 5.20. The van der Waals surface area contributed by atoms with Gasteiger partial charge in [-0.15, -0.1) is 0 Å². The van der Waals surface area contributed by atoms with E-state index in [1.807, 2.05) is 49.5 Å². The molecule has 2 fully saturated rings. The third-order valence-electron chi connectivity index (χ3n) is 7.62. The van der Waals surface area contributed by atoms with Crippen molar-refractivity contribution in [3.05, 3.63) is 77.7 Å². The second kappa shape index (κ2) is 14.3. The Hall–Kier alpha value is -3.90. The number of aldehydes is 1. The van der Waals surface area contributed by atoms with Crippen LogP contribution in [0.1, 0.15) is 41.6 Å². The molecule has 2 atom stereocenters. The van der Waals surface area contributed by atoms with Gasteiger partial charge < -0.3 is 20.6 Å². The van der Waals surface area contributed by atoms with Crippen LogP contribution in [-0.4, -0.2) is 78.6 Å². The topological polar surface area (TPSA) is 112 Å². The van der Waals surface area contributed by atoms with Gasteiger partial charge >= 0.3 is 12.1 Å². The van der Waals surface area contributed by atoms with Gasteiger partial charge in [-0.1, -0.05) is 30.3 Å². The van der Waals surface area contributed by atoms with Crippen LogP contribution in [0.5, 0.6) is 0 Å². The Kier molecular flexibility index (Phi) is 11.1. The Labute approximate surface area is 241 Å². The molecule has 1 spiro atoms. The number of piperidine rings is 1. The number of carbonyl (C=O) groups is 3. The molecule has 0 radical (unpaired) electrons. The van der Waals surface area contributed by atoms with Crippen molar-refractivity contribution in [3.8, 4) is 0 Å². The number of nitrogens with zero attached hydrogens (tertiary/aromatic N) is 2. The monoisotopic (exact) mass is 590 g/mol. The van der Waals surface area contributed by atoms with Gasteiger partial charge in [-0.05, 0) is 69.7 Å². The summed E-state index contributed by atoms with van der Waals surface area (Å²) >= 11 is 0. The highest BCUT2D eigenvalue weighted by Crippen LogP contribution is 2.47. The maximum absolute atomic E-state index is 13.2. The molecule has 0 aliphatic carbocycles. The summed E-state index contributed by atoms with van der Waals surface area (Å²) in [5.74, 6) is -2.66. The molecule has 42 heavy (non-hydrogen) atoms. The number of likely N-dealkylation sites (tertiary alicyclic amines) is 1. The molecule has 3 heterocycles. The first-order valence-electron chi connectivity index (χ1n) is 13.4. The SMILES string of the molecule is CNC(C)CN1CCC2(CC1)C(=O)NCC2c1ccc(F)cc1.O=C(O)C(F)(F)F.O=Cc1cnc2ccccc2c1. The van der Waals surface area contributed by atoms with E-state index in [0.717, 1.165) is 55.2 Å². The number of alkyl halides is 3. The van der Waals surface area contributed by atoms with Crippen molar-refractivity contribution in [3.63, 3.8) is 0 Å². The van der Waals surface area contributed by atoms with Crippen molar-refractivity contribution < 1.29 is 37.1 Å². The number of hydrogen-bond acceptors (Lipinski definition) is 6. The van der Waals surface area contributed by atoms with E-state index in [0.29, 0.717) is 18.2 Å². The molecular weight excluding hydrogens is 556 g/mol. The molecule has 2 aliphatic rings. The molecule has 5 rings (SSSR count). The number of hydrogen-bond donors (Lipinski definition) is 3. The number of carbonyl (C=O) groups excluding carboxylic acids is 2. The molecular formula is C30H34F4N4O4. The molecule has 12 heteroatoms. The zero-order valence-electron chi connectivity index (χ0n) is 23.3. The number of likely N-dealkylation sites (N-methyl/N-ethyl adjacent to an activating group) is 1. The number of halogens is 4. The summed E-state index contributed by atoms with van der Waals surface area (Å²) < 4.78 is 44.9. The minimum Gasteiger partial charge on any atom is -0.475 e. The highest BCUT2D eigenvalue weighted by atomic mass is 19.4. The molecule has 8 nitrogen and oxygen atoms in total. The highest BCUT2D eigenvalue weighted by molar-refractivity contribution is 5.87. The van der Waals surface area contributed by atoms with Crippen LogP contribution in [0.15, 0.2) is 60.8 Å². The summed E-state index contributed by atoms with van der Waals surface area (Å²) in [6.07, 6.45) is -0.955. The molecule has 226 valence electrons. The van der Waals surface area contributed by atoms with Gasteiger partial charge in [-0.2, -0.15) is 13.2 Å². The molecule has 0 bridgehead atoms. The number of carboxylic acid groups (broad SMARTS) is 1. The lowest BCUT2D eigenvalue weighted by Gasteiger charge is -2.41. The van der Waals surface area contributed by atoms with Crippen LogP contribution >= 0.6 is 0 Å².